The van der Waals surface area contributed by atoms with E-state index in [1.54, 1.807) is 36.4 Å². The molecule has 1 heterocycles. The summed E-state index contributed by atoms with van der Waals surface area (Å²) in [4.78, 5) is 26.3. The number of imide groups is 1. The minimum absolute atomic E-state index is 0.300. The maximum absolute atomic E-state index is 13.1. The topological polar surface area (TPSA) is 61.2 Å². The van der Waals surface area contributed by atoms with Gasteiger partial charge in [-0.2, -0.15) is 5.26 Å². The normalized spacial score (nSPS) is 25.2. The Labute approximate surface area is 138 Å². The van der Waals surface area contributed by atoms with Crippen LogP contribution >= 0.6 is 0 Å². The predicted molar refractivity (Wildman–Crippen MR) is 83.7 cm³/mol. The average molecular weight is 320 g/mol. The molecule has 0 radical (unpaired) electrons. The van der Waals surface area contributed by atoms with Crippen LogP contribution in [0.5, 0.6) is 0 Å². The summed E-state index contributed by atoms with van der Waals surface area (Å²) in [5.74, 6) is -0.958. The van der Waals surface area contributed by atoms with Crippen LogP contribution in [-0.4, -0.2) is 22.8 Å². The second kappa shape index (κ2) is 5.00. The van der Waals surface area contributed by atoms with E-state index in [4.69, 9.17) is 0 Å². The fourth-order valence-electron chi connectivity index (χ4n) is 3.63. The zero-order valence-electron chi connectivity index (χ0n) is 12.7. The van der Waals surface area contributed by atoms with Crippen LogP contribution in [0.1, 0.15) is 39.1 Å². The Morgan fingerprint density at radius 3 is 2.04 bits per heavy atom. The summed E-state index contributed by atoms with van der Waals surface area (Å²) in [7, 11) is 0. The smallest absolute Gasteiger partial charge is 0.261 e. The largest absolute Gasteiger partial charge is 0.271 e. The molecule has 2 aliphatic rings. The van der Waals surface area contributed by atoms with Crippen molar-refractivity contribution in [3.8, 4) is 6.07 Å². The van der Waals surface area contributed by atoms with Gasteiger partial charge in [0.25, 0.3) is 11.8 Å². The monoisotopic (exact) mass is 320 g/mol. The standard InChI is InChI=1S/C19H13FN2O2/c20-13-7-5-12(6-8-13)19(11-21)9-14(10-19)22-17(23)15-3-1-2-4-16(15)18(22)24/h1-8,14H,9-10H2/t14-,19+. The molecule has 0 bridgehead atoms. The molecule has 0 atom stereocenters. The summed E-state index contributed by atoms with van der Waals surface area (Å²) < 4.78 is 13.1. The van der Waals surface area contributed by atoms with Gasteiger partial charge < -0.3 is 0 Å². The highest BCUT2D eigenvalue weighted by atomic mass is 19.1. The van der Waals surface area contributed by atoms with Gasteiger partial charge in [0.05, 0.1) is 22.6 Å². The average Bonchev–Trinajstić information content (AvgIpc) is 2.81. The molecule has 1 saturated carbocycles. The van der Waals surface area contributed by atoms with Crippen LogP contribution in [0.3, 0.4) is 0 Å². The highest BCUT2D eigenvalue weighted by Gasteiger charge is 2.53. The van der Waals surface area contributed by atoms with Crippen molar-refractivity contribution < 1.29 is 14.0 Å². The first kappa shape index (κ1) is 14.6. The molecular weight excluding hydrogens is 307 g/mol. The minimum atomic E-state index is -0.770. The van der Waals surface area contributed by atoms with E-state index >= 15 is 0 Å². The summed E-state index contributed by atoms with van der Waals surface area (Å²) in [6.07, 6.45) is 0.751. The molecule has 0 aromatic heterocycles. The second-order valence-electron chi connectivity index (χ2n) is 6.29. The van der Waals surface area contributed by atoms with E-state index in [-0.39, 0.29) is 23.7 Å². The van der Waals surface area contributed by atoms with Gasteiger partial charge in [0.15, 0.2) is 0 Å². The third kappa shape index (κ3) is 1.89. The lowest BCUT2D eigenvalue weighted by molar-refractivity contribution is 0.0422. The van der Waals surface area contributed by atoms with Crippen molar-refractivity contribution in [3.63, 3.8) is 0 Å². The highest BCUT2D eigenvalue weighted by Crippen LogP contribution is 2.47. The fourth-order valence-corrected chi connectivity index (χ4v) is 3.63. The van der Waals surface area contributed by atoms with Gasteiger partial charge in [0, 0.05) is 6.04 Å². The lowest BCUT2D eigenvalue weighted by Crippen LogP contribution is -2.54. The molecule has 0 saturated heterocycles. The molecule has 118 valence electrons. The Kier molecular flexibility index (Phi) is 3.04. The Morgan fingerprint density at radius 2 is 1.54 bits per heavy atom. The summed E-state index contributed by atoms with van der Waals surface area (Å²) in [5, 5.41) is 9.59. The van der Waals surface area contributed by atoms with E-state index in [1.807, 2.05) is 0 Å². The van der Waals surface area contributed by atoms with E-state index in [2.05, 4.69) is 6.07 Å². The molecule has 2 amide bonds. The van der Waals surface area contributed by atoms with Crippen molar-refractivity contribution >= 4 is 11.8 Å². The number of rotatable bonds is 2. The number of nitrogens with zero attached hydrogens (tertiary/aromatic N) is 2. The van der Waals surface area contributed by atoms with Gasteiger partial charge in [-0.3, -0.25) is 14.5 Å². The van der Waals surface area contributed by atoms with Crippen molar-refractivity contribution in [1.82, 2.24) is 4.90 Å². The van der Waals surface area contributed by atoms with Crippen LogP contribution < -0.4 is 0 Å². The zero-order valence-corrected chi connectivity index (χ0v) is 12.7. The predicted octanol–water partition coefficient (Wildman–Crippen LogP) is 3.05. The molecule has 0 spiro atoms. The van der Waals surface area contributed by atoms with Crippen LogP contribution in [-0.2, 0) is 5.41 Å². The molecular formula is C19H13FN2O2. The summed E-state index contributed by atoms with van der Waals surface area (Å²) in [6, 6.07) is 14.6. The van der Waals surface area contributed by atoms with Crippen molar-refractivity contribution in [2.45, 2.75) is 24.3 Å². The minimum Gasteiger partial charge on any atom is -0.271 e. The van der Waals surface area contributed by atoms with Gasteiger partial charge in [-0.05, 0) is 42.7 Å². The van der Waals surface area contributed by atoms with E-state index in [0.717, 1.165) is 5.56 Å². The van der Waals surface area contributed by atoms with Gasteiger partial charge in [-0.1, -0.05) is 24.3 Å². The molecule has 24 heavy (non-hydrogen) atoms. The SMILES string of the molecule is N#C[C@]1(c2ccc(F)cc2)C[C@@H](N2C(=O)c3ccccc3C2=O)C1. The van der Waals surface area contributed by atoms with E-state index in [0.29, 0.717) is 24.0 Å². The van der Waals surface area contributed by atoms with Gasteiger partial charge >= 0.3 is 0 Å². The summed E-state index contributed by atoms with van der Waals surface area (Å²) >= 11 is 0. The molecule has 4 rings (SSSR count). The summed E-state index contributed by atoms with van der Waals surface area (Å²) in [6.45, 7) is 0. The van der Waals surface area contributed by atoms with Crippen LogP contribution in [0.2, 0.25) is 0 Å². The zero-order chi connectivity index (χ0) is 16.9. The third-order valence-corrected chi connectivity index (χ3v) is 4.97. The molecule has 1 aliphatic carbocycles. The number of halogens is 1. The van der Waals surface area contributed by atoms with Gasteiger partial charge in [-0.15, -0.1) is 0 Å². The number of benzene rings is 2. The molecule has 2 aromatic rings. The number of hydrogen-bond acceptors (Lipinski definition) is 3. The number of fused-ring (bicyclic) bond motifs is 1. The van der Waals surface area contributed by atoms with Crippen molar-refractivity contribution in [2.75, 3.05) is 0 Å². The van der Waals surface area contributed by atoms with E-state index in [1.165, 1.54) is 17.0 Å². The Morgan fingerprint density at radius 1 is 1.00 bits per heavy atom. The van der Waals surface area contributed by atoms with Crippen molar-refractivity contribution in [1.29, 1.82) is 5.26 Å². The molecule has 5 heteroatoms. The molecule has 1 fully saturated rings. The van der Waals surface area contributed by atoms with Crippen LogP contribution in [0, 0.1) is 17.1 Å². The van der Waals surface area contributed by atoms with E-state index < -0.39 is 5.41 Å². The lowest BCUT2D eigenvalue weighted by atomic mass is 9.62. The fraction of sp³-hybridized carbons (Fsp3) is 0.211. The lowest BCUT2D eigenvalue weighted by Gasteiger charge is -2.46. The number of nitriles is 1. The van der Waals surface area contributed by atoms with Crippen molar-refractivity contribution in [2.24, 2.45) is 0 Å². The highest BCUT2D eigenvalue weighted by molar-refractivity contribution is 6.21. The molecule has 2 aromatic carbocycles. The molecule has 1 aliphatic heterocycles. The van der Waals surface area contributed by atoms with Crippen LogP contribution in [0.4, 0.5) is 4.39 Å². The Bertz CT molecular complexity index is 857. The third-order valence-electron chi connectivity index (χ3n) is 4.97. The van der Waals surface area contributed by atoms with Crippen LogP contribution in [0.15, 0.2) is 48.5 Å². The first-order chi connectivity index (χ1) is 11.6. The maximum Gasteiger partial charge on any atom is 0.261 e. The first-order valence-electron chi connectivity index (χ1n) is 7.70. The van der Waals surface area contributed by atoms with Crippen molar-refractivity contribution in [3.05, 3.63) is 71.0 Å². The van der Waals surface area contributed by atoms with E-state index in [9.17, 15) is 19.2 Å². The number of carbonyl (C=O) groups is 2. The Balaban J connectivity index is 1.60. The summed E-state index contributed by atoms with van der Waals surface area (Å²) in [5.41, 5.74) is 0.782. The van der Waals surface area contributed by atoms with Gasteiger partial charge in [0.1, 0.15) is 5.82 Å². The number of hydrogen-bond donors (Lipinski definition) is 0. The number of amides is 2. The van der Waals surface area contributed by atoms with Gasteiger partial charge in [0.2, 0.25) is 0 Å². The molecule has 0 unspecified atom stereocenters. The number of carbonyl (C=O) groups excluding carboxylic acids is 2. The van der Waals surface area contributed by atoms with Crippen LogP contribution in [0.25, 0.3) is 0 Å². The molecule has 0 N–H and O–H groups in total. The first-order valence-corrected chi connectivity index (χ1v) is 7.70. The molecule has 4 nitrogen and oxygen atoms in total. The Hall–Kier alpha value is -3.00. The van der Waals surface area contributed by atoms with Gasteiger partial charge in [-0.25, -0.2) is 4.39 Å². The second-order valence-corrected chi connectivity index (χ2v) is 6.29. The maximum atomic E-state index is 13.1. The quantitative estimate of drug-likeness (QED) is 0.799.